The smallest absolute Gasteiger partial charge is 0.242 e. The third-order valence-electron chi connectivity index (χ3n) is 1.72. The Morgan fingerprint density at radius 1 is 1.29 bits per heavy atom. The molecule has 0 amide bonds. The molecule has 0 saturated heterocycles. The van der Waals surface area contributed by atoms with Crippen molar-refractivity contribution < 1.29 is 9.53 Å². The minimum Gasteiger partial charge on any atom is -0.544 e. The summed E-state index contributed by atoms with van der Waals surface area (Å²) in [5.41, 5.74) is 1.13. The van der Waals surface area contributed by atoms with Crippen molar-refractivity contribution >= 4 is 8.32 Å². The molecule has 1 N–H and O–H groups in total. The first-order chi connectivity index (χ1) is 6.51. The van der Waals surface area contributed by atoms with Gasteiger partial charge in [0, 0.05) is 6.61 Å². The molecule has 0 atom stereocenters. The van der Waals surface area contributed by atoms with Gasteiger partial charge in [-0.2, -0.15) is 0 Å². The molecule has 2 nitrogen and oxygen atoms in total. The van der Waals surface area contributed by atoms with Crippen LogP contribution < -0.4 is 4.43 Å². The molecule has 0 saturated carbocycles. The van der Waals surface area contributed by atoms with E-state index in [0.717, 1.165) is 11.3 Å². The largest absolute Gasteiger partial charge is 0.544 e. The first-order valence-corrected chi connectivity index (χ1v) is 8.31. The van der Waals surface area contributed by atoms with Crippen molar-refractivity contribution in [1.82, 2.24) is 0 Å². The summed E-state index contributed by atoms with van der Waals surface area (Å²) in [4.78, 5) is 0. The maximum Gasteiger partial charge on any atom is 0.242 e. The molecule has 0 bridgehead atoms. The summed E-state index contributed by atoms with van der Waals surface area (Å²) < 4.78 is 5.85. The lowest BCUT2D eigenvalue weighted by Crippen LogP contribution is -2.29. The van der Waals surface area contributed by atoms with Crippen LogP contribution in [0.1, 0.15) is 5.56 Å². The SMILES string of the molecule is C[Si](C)(C)Oc1cccc(CCO)c1. The van der Waals surface area contributed by atoms with Gasteiger partial charge in [0.25, 0.3) is 0 Å². The van der Waals surface area contributed by atoms with Crippen molar-refractivity contribution in [3.8, 4) is 5.75 Å². The molecule has 0 aromatic heterocycles. The van der Waals surface area contributed by atoms with Crippen molar-refractivity contribution in [2.24, 2.45) is 0 Å². The molecule has 78 valence electrons. The summed E-state index contributed by atoms with van der Waals surface area (Å²) in [5.74, 6) is 0.926. The molecular formula is C11H18O2Si. The van der Waals surface area contributed by atoms with Crippen LogP contribution in [0.3, 0.4) is 0 Å². The van der Waals surface area contributed by atoms with Crippen molar-refractivity contribution in [3.05, 3.63) is 29.8 Å². The van der Waals surface area contributed by atoms with Crippen LogP contribution in [0.15, 0.2) is 24.3 Å². The molecule has 1 rings (SSSR count). The third kappa shape index (κ3) is 3.94. The van der Waals surface area contributed by atoms with Gasteiger partial charge in [-0.05, 0) is 43.8 Å². The summed E-state index contributed by atoms with van der Waals surface area (Å²) in [6, 6.07) is 7.96. The Morgan fingerprint density at radius 3 is 2.57 bits per heavy atom. The van der Waals surface area contributed by atoms with Gasteiger partial charge in [0.05, 0.1) is 0 Å². The van der Waals surface area contributed by atoms with Crippen LogP contribution in [-0.2, 0) is 6.42 Å². The molecule has 3 heteroatoms. The van der Waals surface area contributed by atoms with Crippen LogP contribution in [0.25, 0.3) is 0 Å². The third-order valence-corrected chi connectivity index (χ3v) is 2.57. The zero-order valence-corrected chi connectivity index (χ0v) is 10.1. The lowest BCUT2D eigenvalue weighted by Gasteiger charge is -2.19. The maximum absolute atomic E-state index is 8.81. The van der Waals surface area contributed by atoms with Crippen molar-refractivity contribution in [2.45, 2.75) is 26.1 Å². The van der Waals surface area contributed by atoms with E-state index in [4.69, 9.17) is 9.53 Å². The van der Waals surface area contributed by atoms with Crippen LogP contribution in [-0.4, -0.2) is 20.0 Å². The van der Waals surface area contributed by atoms with Crippen LogP contribution in [0.4, 0.5) is 0 Å². The summed E-state index contributed by atoms with van der Waals surface area (Å²) in [5, 5.41) is 8.81. The first-order valence-electron chi connectivity index (χ1n) is 4.90. The summed E-state index contributed by atoms with van der Waals surface area (Å²) in [7, 11) is -1.51. The van der Waals surface area contributed by atoms with Gasteiger partial charge < -0.3 is 9.53 Å². The predicted octanol–water partition coefficient (Wildman–Crippen LogP) is 2.44. The van der Waals surface area contributed by atoms with E-state index in [1.807, 2.05) is 24.3 Å². The Hall–Kier alpha value is -0.803. The first kappa shape index (κ1) is 11.3. The zero-order valence-electron chi connectivity index (χ0n) is 9.08. The molecule has 0 unspecified atom stereocenters. The van der Waals surface area contributed by atoms with Gasteiger partial charge in [-0.15, -0.1) is 0 Å². The molecule has 0 fully saturated rings. The van der Waals surface area contributed by atoms with Gasteiger partial charge in [0.1, 0.15) is 5.75 Å². The van der Waals surface area contributed by atoms with Gasteiger partial charge in [-0.3, -0.25) is 0 Å². The molecule has 0 spiro atoms. The maximum atomic E-state index is 8.81. The number of benzene rings is 1. The molecular weight excluding hydrogens is 192 g/mol. The normalized spacial score (nSPS) is 11.4. The Bertz CT molecular complexity index is 292. The molecule has 14 heavy (non-hydrogen) atoms. The highest BCUT2D eigenvalue weighted by atomic mass is 28.4. The lowest BCUT2D eigenvalue weighted by atomic mass is 10.1. The van der Waals surface area contributed by atoms with Crippen molar-refractivity contribution in [3.63, 3.8) is 0 Å². The quantitative estimate of drug-likeness (QED) is 0.773. The Balaban J connectivity index is 2.73. The topological polar surface area (TPSA) is 29.5 Å². The molecule has 1 aromatic rings. The molecule has 1 aromatic carbocycles. The van der Waals surface area contributed by atoms with Crippen molar-refractivity contribution in [1.29, 1.82) is 0 Å². The highest BCUT2D eigenvalue weighted by Crippen LogP contribution is 2.17. The van der Waals surface area contributed by atoms with E-state index >= 15 is 0 Å². The Labute approximate surface area is 86.7 Å². The number of aliphatic hydroxyl groups is 1. The van der Waals surface area contributed by atoms with E-state index in [2.05, 4.69) is 19.6 Å². The molecule has 0 aliphatic heterocycles. The fraction of sp³-hybridized carbons (Fsp3) is 0.455. The van der Waals surface area contributed by atoms with E-state index < -0.39 is 8.32 Å². The summed E-state index contributed by atoms with van der Waals surface area (Å²) >= 11 is 0. The monoisotopic (exact) mass is 210 g/mol. The standard InChI is InChI=1S/C11H18O2Si/c1-14(2,3)13-11-6-4-5-10(9-11)7-8-12/h4-6,9,12H,7-8H2,1-3H3. The van der Waals surface area contributed by atoms with E-state index in [0.29, 0.717) is 6.42 Å². The van der Waals surface area contributed by atoms with Gasteiger partial charge in [0.2, 0.25) is 8.32 Å². The van der Waals surface area contributed by atoms with Gasteiger partial charge in [-0.1, -0.05) is 12.1 Å². The minimum absolute atomic E-state index is 0.191. The van der Waals surface area contributed by atoms with E-state index in [-0.39, 0.29) is 6.61 Å². The molecule has 0 aliphatic carbocycles. The van der Waals surface area contributed by atoms with E-state index in [9.17, 15) is 0 Å². The second-order valence-electron chi connectivity index (χ2n) is 4.34. The number of rotatable bonds is 4. The number of hydrogen-bond acceptors (Lipinski definition) is 2. The van der Waals surface area contributed by atoms with E-state index in [1.165, 1.54) is 0 Å². The second kappa shape index (κ2) is 4.62. The van der Waals surface area contributed by atoms with Gasteiger partial charge >= 0.3 is 0 Å². The lowest BCUT2D eigenvalue weighted by molar-refractivity contribution is 0.299. The Kier molecular flexibility index (Phi) is 3.72. The van der Waals surface area contributed by atoms with Crippen LogP contribution >= 0.6 is 0 Å². The molecule has 0 radical (unpaired) electrons. The fourth-order valence-corrected chi connectivity index (χ4v) is 2.08. The van der Waals surface area contributed by atoms with Gasteiger partial charge in [-0.25, -0.2) is 0 Å². The highest BCUT2D eigenvalue weighted by molar-refractivity contribution is 6.70. The Morgan fingerprint density at radius 2 is 2.00 bits per heavy atom. The van der Waals surface area contributed by atoms with Crippen LogP contribution in [0.2, 0.25) is 19.6 Å². The predicted molar refractivity (Wildman–Crippen MR) is 61.2 cm³/mol. The van der Waals surface area contributed by atoms with E-state index in [1.54, 1.807) is 0 Å². The number of hydrogen-bond donors (Lipinski definition) is 1. The number of aliphatic hydroxyl groups excluding tert-OH is 1. The van der Waals surface area contributed by atoms with Crippen LogP contribution in [0, 0.1) is 0 Å². The zero-order chi connectivity index (χ0) is 10.6. The van der Waals surface area contributed by atoms with Gasteiger partial charge in [0.15, 0.2) is 0 Å². The highest BCUT2D eigenvalue weighted by Gasteiger charge is 2.15. The molecule has 0 aliphatic rings. The average Bonchev–Trinajstić information content (AvgIpc) is 2.02. The summed E-state index contributed by atoms with van der Waals surface area (Å²) in [6.07, 6.45) is 0.697. The molecule has 0 heterocycles. The average molecular weight is 210 g/mol. The van der Waals surface area contributed by atoms with Crippen molar-refractivity contribution in [2.75, 3.05) is 6.61 Å². The fourth-order valence-electron chi connectivity index (χ4n) is 1.25. The summed E-state index contributed by atoms with van der Waals surface area (Å²) in [6.45, 7) is 6.67. The minimum atomic E-state index is -1.51. The second-order valence-corrected chi connectivity index (χ2v) is 8.76. The van der Waals surface area contributed by atoms with Crippen LogP contribution in [0.5, 0.6) is 5.75 Å².